The largest absolute Gasteiger partial charge is 0.247 e. The molecule has 2 nitrogen and oxygen atoms in total. The van der Waals surface area contributed by atoms with E-state index in [1.807, 2.05) is 0 Å². The van der Waals surface area contributed by atoms with E-state index in [2.05, 4.69) is 0 Å². The highest BCUT2D eigenvalue weighted by atomic mass is 35.5. The van der Waals surface area contributed by atoms with E-state index in [0.717, 1.165) is 0 Å². The molecule has 1 heterocycles. The van der Waals surface area contributed by atoms with Crippen LogP contribution in [0.25, 0.3) is 0 Å². The van der Waals surface area contributed by atoms with Crippen molar-refractivity contribution in [3.63, 3.8) is 0 Å². The van der Waals surface area contributed by atoms with E-state index < -0.39 is 60.4 Å². The van der Waals surface area contributed by atoms with Crippen LogP contribution >= 0.6 is 23.2 Å². The van der Waals surface area contributed by atoms with Gasteiger partial charge in [-0.2, -0.15) is 0 Å². The minimum atomic E-state index is -0.565. The Kier molecular flexibility index (Phi) is 2.82. The number of halogens is 2. The van der Waals surface area contributed by atoms with Crippen LogP contribution in [0.15, 0.2) is 107 Å². The fourth-order valence-corrected chi connectivity index (χ4v) is 3.41. The normalized spacial score (nSPS) is 17.4. The van der Waals surface area contributed by atoms with Crippen molar-refractivity contribution in [2.24, 2.45) is 9.98 Å². The smallest absolute Gasteiger partial charge is 0.0804 e. The molecule has 4 heteroatoms. The van der Waals surface area contributed by atoms with Crippen LogP contribution in [-0.2, 0) is 0 Å². The second-order valence-electron chi connectivity index (χ2n) is 6.24. The van der Waals surface area contributed by atoms with Gasteiger partial charge in [0.1, 0.15) is 0 Å². The Hall–Kier alpha value is -3.20. The highest BCUT2D eigenvalue weighted by molar-refractivity contribution is 6.33. The molecule has 0 N–H and O–H groups in total. The quantitative estimate of drug-likeness (QED) is 0.271. The van der Waals surface area contributed by atoms with Gasteiger partial charge in [0.15, 0.2) is 0 Å². The number of nitrogens with zero attached hydrogens (tertiary/aromatic N) is 2. The van der Waals surface area contributed by atoms with E-state index in [1.165, 1.54) is 36.4 Å². The zero-order valence-electron chi connectivity index (χ0n) is 25.1. The van der Waals surface area contributed by atoms with Gasteiger partial charge >= 0.3 is 0 Å². The molecule has 0 amide bonds. The van der Waals surface area contributed by atoms with Gasteiger partial charge in [-0.25, -0.2) is 9.98 Å². The van der Waals surface area contributed by atoms with Crippen molar-refractivity contribution in [1.82, 2.24) is 0 Å². The number of hydrogen-bond acceptors (Lipinski definition) is 2. The van der Waals surface area contributed by atoms with Gasteiger partial charge < -0.3 is 0 Å². The summed E-state index contributed by atoms with van der Waals surface area (Å²) >= 11 is 12.7. The van der Waals surface area contributed by atoms with Gasteiger partial charge in [-0.15, -0.1) is 0 Å². The molecule has 4 aromatic rings. The van der Waals surface area contributed by atoms with Gasteiger partial charge in [-0.05, 0) is 36.4 Å². The molecule has 0 spiro atoms. The van der Waals surface area contributed by atoms with Crippen molar-refractivity contribution in [3.05, 3.63) is 129 Å². The summed E-state index contributed by atoms with van der Waals surface area (Å²) < 4.78 is 82.9. The fourth-order valence-electron chi connectivity index (χ4n) is 3.07. The van der Waals surface area contributed by atoms with E-state index >= 15 is 0 Å². The summed E-state index contributed by atoms with van der Waals surface area (Å²) in [5, 5.41) is 0.491. The van der Waals surface area contributed by atoms with Gasteiger partial charge in [0.2, 0.25) is 0 Å². The van der Waals surface area contributed by atoms with E-state index in [-0.39, 0.29) is 55.1 Å². The lowest BCUT2D eigenvalue weighted by molar-refractivity contribution is 1.39. The molecule has 0 fully saturated rings. The number of rotatable bonds is 2. The summed E-state index contributed by atoms with van der Waals surface area (Å²) in [5.41, 5.74) is 0.357. The zero-order valence-corrected chi connectivity index (χ0v) is 16.6. The Morgan fingerprint density at radius 2 is 0.967 bits per heavy atom. The highest BCUT2D eigenvalue weighted by Crippen LogP contribution is 2.35. The number of aliphatic imine (C=N–C) groups is 2. The van der Waals surface area contributed by atoms with Crippen LogP contribution in [0.5, 0.6) is 0 Å². The summed E-state index contributed by atoms with van der Waals surface area (Å²) in [6, 6.07) is 3.72. The zero-order chi connectivity index (χ0) is 29.2. The third kappa shape index (κ3) is 3.56. The minimum absolute atomic E-state index is 0.0121. The van der Waals surface area contributed by atoms with Gasteiger partial charge in [0, 0.05) is 32.3 Å². The van der Waals surface area contributed by atoms with Crippen LogP contribution in [0.3, 0.4) is 0 Å². The van der Waals surface area contributed by atoms with Gasteiger partial charge in [-0.3, -0.25) is 0 Å². The lowest BCUT2D eigenvalue weighted by Crippen LogP contribution is -2.10. The minimum Gasteiger partial charge on any atom is -0.247 e. The lowest BCUT2D eigenvalue weighted by atomic mass is 9.96. The Labute approximate surface area is 199 Å². The van der Waals surface area contributed by atoms with Crippen molar-refractivity contribution in [1.29, 1.82) is 0 Å². The van der Waals surface area contributed by atoms with E-state index in [9.17, 15) is 0 Å². The van der Waals surface area contributed by atoms with Crippen molar-refractivity contribution < 1.29 is 13.7 Å². The van der Waals surface area contributed by atoms with Gasteiger partial charge in [0.25, 0.3) is 0 Å². The SMILES string of the molecule is [2H]c1c([2H])c([2H])c(C2=Nc3ccc(Cl)cc3C(c3c([2H])c([2H])c([2H])c([2H])c3[2H])=Nc3ccc(Cl)cc32)c([2H])c1[2H]. The van der Waals surface area contributed by atoms with E-state index in [1.54, 1.807) is 0 Å². The first kappa shape index (κ1) is 10.7. The molecule has 0 aliphatic carbocycles. The molecule has 5 rings (SSSR count). The predicted molar refractivity (Wildman–Crippen MR) is 126 cm³/mol. The standard InChI is InChI=1S/C26H16Cl2N2/c27-19-11-13-23-21(15-19)25(17-7-3-1-4-8-17)29-24-14-12-20(28)16-22(24)26(30-23)18-9-5-2-6-10-18/h1-16H/i1D,2D,3D,4D,5D,6D,7D,8D,9D,10D. The average molecular weight is 437 g/mol. The number of hydrogen-bond donors (Lipinski definition) is 0. The first-order valence-electron chi connectivity index (χ1n) is 13.7. The summed E-state index contributed by atoms with van der Waals surface area (Å²) in [6.45, 7) is 0. The average Bonchev–Trinajstić information content (AvgIpc) is 2.92. The first-order chi connectivity index (χ1) is 18.8. The number of fused-ring (bicyclic) bond motifs is 2. The first-order valence-corrected chi connectivity index (χ1v) is 9.50. The van der Waals surface area contributed by atoms with Crippen molar-refractivity contribution in [2.75, 3.05) is 0 Å². The molecular formula is C26H16Cl2N2. The molecule has 0 radical (unpaired) electrons. The topological polar surface area (TPSA) is 24.7 Å². The Morgan fingerprint density at radius 1 is 0.567 bits per heavy atom. The number of benzene rings is 4. The van der Waals surface area contributed by atoms with E-state index in [0.29, 0.717) is 0 Å². The molecule has 0 atom stereocenters. The lowest BCUT2D eigenvalue weighted by Gasteiger charge is -2.18. The molecule has 1 aliphatic rings. The molecule has 144 valence electrons. The molecule has 0 unspecified atom stereocenters. The summed E-state index contributed by atoms with van der Waals surface area (Å²) in [7, 11) is 0. The second kappa shape index (κ2) is 7.91. The summed E-state index contributed by atoms with van der Waals surface area (Å²) in [4.78, 5) is 9.44. The van der Waals surface area contributed by atoms with Crippen molar-refractivity contribution in [2.45, 2.75) is 0 Å². The monoisotopic (exact) mass is 436 g/mol. The third-order valence-corrected chi connectivity index (χ3v) is 4.84. The maximum Gasteiger partial charge on any atom is 0.0804 e. The molecular weight excluding hydrogens is 411 g/mol. The van der Waals surface area contributed by atoms with Gasteiger partial charge in [-0.1, -0.05) is 83.6 Å². The van der Waals surface area contributed by atoms with Crippen molar-refractivity contribution in [3.8, 4) is 0 Å². The molecule has 0 aromatic heterocycles. The van der Waals surface area contributed by atoms with Crippen LogP contribution in [0, 0.1) is 0 Å². The molecule has 1 aliphatic heterocycles. The highest BCUT2D eigenvalue weighted by Gasteiger charge is 2.20. The predicted octanol–water partition coefficient (Wildman–Crippen LogP) is 7.65. The van der Waals surface area contributed by atoms with Gasteiger partial charge in [0.05, 0.1) is 36.5 Å². The second-order valence-corrected chi connectivity index (χ2v) is 7.12. The maximum absolute atomic E-state index is 8.56. The fraction of sp³-hybridized carbons (Fsp3) is 0. The van der Waals surface area contributed by atoms with Crippen LogP contribution in [0.4, 0.5) is 11.4 Å². The molecule has 4 aromatic carbocycles. The maximum atomic E-state index is 8.56. The Bertz CT molecular complexity index is 1640. The van der Waals surface area contributed by atoms with Crippen LogP contribution < -0.4 is 0 Å². The van der Waals surface area contributed by atoms with Crippen molar-refractivity contribution >= 4 is 46.0 Å². The van der Waals surface area contributed by atoms with Crippen LogP contribution in [0.1, 0.15) is 36.0 Å². The molecule has 0 saturated carbocycles. The Morgan fingerprint density at radius 3 is 1.37 bits per heavy atom. The summed E-state index contributed by atoms with van der Waals surface area (Å²) in [5.74, 6) is 0. The van der Waals surface area contributed by atoms with E-state index in [4.69, 9.17) is 46.9 Å². The molecule has 0 bridgehead atoms. The summed E-state index contributed by atoms with van der Waals surface area (Å²) in [6.07, 6.45) is 0. The molecule has 0 saturated heterocycles. The van der Waals surface area contributed by atoms with Crippen LogP contribution in [0.2, 0.25) is 10.0 Å². The van der Waals surface area contributed by atoms with Crippen LogP contribution in [-0.4, -0.2) is 11.4 Å². The third-order valence-electron chi connectivity index (χ3n) is 4.37. The molecule has 30 heavy (non-hydrogen) atoms. The Balaban J connectivity index is 1.96.